The highest BCUT2D eigenvalue weighted by molar-refractivity contribution is 5.77. The Hall–Kier alpha value is -1.75. The van der Waals surface area contributed by atoms with Crippen molar-refractivity contribution in [2.45, 2.75) is 51.0 Å². The van der Waals surface area contributed by atoms with Gasteiger partial charge in [0.15, 0.2) is 11.5 Å². The molecule has 1 saturated heterocycles. The van der Waals surface area contributed by atoms with E-state index in [1.165, 1.54) is 0 Å². The second kappa shape index (κ2) is 6.52. The molecule has 3 aliphatic rings. The second-order valence-corrected chi connectivity index (χ2v) is 7.70. The predicted octanol–water partition coefficient (Wildman–Crippen LogP) is 2.75. The van der Waals surface area contributed by atoms with Crippen molar-refractivity contribution in [3.8, 4) is 11.5 Å². The molecule has 25 heavy (non-hydrogen) atoms. The maximum Gasteiger partial charge on any atom is 0.231 e. The quantitative estimate of drug-likeness (QED) is 0.912. The topological polar surface area (TPSA) is 59.0 Å². The van der Waals surface area contributed by atoms with E-state index in [0.717, 1.165) is 55.8 Å². The van der Waals surface area contributed by atoms with Crippen molar-refractivity contribution in [3.63, 3.8) is 0 Å². The molecule has 2 aliphatic heterocycles. The maximum atomic E-state index is 12.7. The van der Waals surface area contributed by atoms with Crippen LogP contribution in [0.1, 0.15) is 44.6 Å². The fraction of sp³-hybridized carbons (Fsp3) is 0.650. The van der Waals surface area contributed by atoms with Gasteiger partial charge in [0.2, 0.25) is 12.7 Å². The number of rotatable bonds is 4. The van der Waals surface area contributed by atoms with Crippen LogP contribution in [0.2, 0.25) is 0 Å². The lowest BCUT2D eigenvalue weighted by atomic mass is 9.69. The first-order chi connectivity index (χ1) is 12.1. The minimum Gasteiger partial charge on any atom is -0.454 e. The fourth-order valence-electron chi connectivity index (χ4n) is 4.78. The van der Waals surface area contributed by atoms with Gasteiger partial charge in [-0.15, -0.1) is 0 Å². The van der Waals surface area contributed by atoms with Crippen molar-refractivity contribution >= 4 is 5.91 Å². The second-order valence-electron chi connectivity index (χ2n) is 7.70. The molecule has 5 heteroatoms. The molecule has 1 aliphatic carbocycles. The molecule has 1 saturated carbocycles. The number of ether oxygens (including phenoxy) is 2. The number of carbonyl (C=O) groups is 1. The van der Waals surface area contributed by atoms with Crippen molar-refractivity contribution in [2.24, 2.45) is 11.8 Å². The van der Waals surface area contributed by atoms with Gasteiger partial charge in [0, 0.05) is 25.4 Å². The number of carbonyl (C=O) groups excluding carboxylic acids is 1. The van der Waals surface area contributed by atoms with Crippen molar-refractivity contribution in [1.29, 1.82) is 0 Å². The Morgan fingerprint density at radius 1 is 1.32 bits per heavy atom. The van der Waals surface area contributed by atoms with Crippen LogP contribution < -0.4 is 9.47 Å². The molecule has 0 unspecified atom stereocenters. The van der Waals surface area contributed by atoms with Crippen molar-refractivity contribution in [3.05, 3.63) is 23.8 Å². The summed E-state index contributed by atoms with van der Waals surface area (Å²) in [5.41, 5.74) is 0.522. The standard InChI is InChI=1S/C20H27NO4/c1-2-20(23)9-3-4-15-11-21(12-16(15)20)19(22)8-6-14-5-7-17-18(10-14)25-13-24-17/h5,7,10,15-16,23H,2-4,6,8-9,11-13H2,1H3/t15-,16+,20-/m0/s1. The van der Waals surface area contributed by atoms with Crippen LogP contribution in [-0.2, 0) is 11.2 Å². The Kier molecular flexibility index (Phi) is 4.36. The molecular formula is C20H27NO4. The number of benzene rings is 1. The Labute approximate surface area is 148 Å². The number of aliphatic hydroxyl groups is 1. The van der Waals surface area contributed by atoms with Crippen LogP contribution >= 0.6 is 0 Å². The summed E-state index contributed by atoms with van der Waals surface area (Å²) in [6.45, 7) is 3.86. The van der Waals surface area contributed by atoms with E-state index in [9.17, 15) is 9.90 Å². The molecule has 0 spiro atoms. The first-order valence-corrected chi connectivity index (χ1v) is 9.48. The average molecular weight is 345 g/mol. The number of hydrogen-bond donors (Lipinski definition) is 1. The van der Waals surface area contributed by atoms with Gasteiger partial charge in [0.25, 0.3) is 0 Å². The monoisotopic (exact) mass is 345 g/mol. The Morgan fingerprint density at radius 2 is 2.16 bits per heavy atom. The maximum absolute atomic E-state index is 12.7. The molecule has 2 heterocycles. The molecule has 1 aromatic rings. The third kappa shape index (κ3) is 3.10. The Morgan fingerprint density at radius 3 is 3.00 bits per heavy atom. The molecule has 0 bridgehead atoms. The summed E-state index contributed by atoms with van der Waals surface area (Å²) in [7, 11) is 0. The largest absolute Gasteiger partial charge is 0.454 e. The van der Waals surface area contributed by atoms with Gasteiger partial charge >= 0.3 is 0 Å². The minimum absolute atomic E-state index is 0.200. The van der Waals surface area contributed by atoms with E-state index in [2.05, 4.69) is 6.92 Å². The first kappa shape index (κ1) is 16.7. The van der Waals surface area contributed by atoms with Crippen molar-refractivity contribution in [2.75, 3.05) is 19.9 Å². The molecule has 5 nitrogen and oxygen atoms in total. The van der Waals surface area contributed by atoms with Gasteiger partial charge in [-0.2, -0.15) is 0 Å². The van der Waals surface area contributed by atoms with E-state index in [1.54, 1.807) is 0 Å². The van der Waals surface area contributed by atoms with E-state index in [1.807, 2.05) is 23.1 Å². The van der Waals surface area contributed by atoms with E-state index >= 15 is 0 Å². The third-order valence-corrected chi connectivity index (χ3v) is 6.35. The van der Waals surface area contributed by atoms with Crippen LogP contribution in [0.15, 0.2) is 18.2 Å². The summed E-state index contributed by atoms with van der Waals surface area (Å²) in [4.78, 5) is 14.7. The van der Waals surface area contributed by atoms with Crippen LogP contribution in [0.4, 0.5) is 0 Å². The molecule has 0 radical (unpaired) electrons. The van der Waals surface area contributed by atoms with E-state index < -0.39 is 5.60 Å². The zero-order chi connectivity index (χ0) is 17.4. The Bertz CT molecular complexity index is 661. The summed E-state index contributed by atoms with van der Waals surface area (Å²) < 4.78 is 10.7. The molecular weight excluding hydrogens is 318 g/mol. The molecule has 1 N–H and O–H groups in total. The highest BCUT2D eigenvalue weighted by Gasteiger charge is 2.48. The summed E-state index contributed by atoms with van der Waals surface area (Å²) in [6.07, 6.45) is 5.09. The molecule has 1 aromatic carbocycles. The number of likely N-dealkylation sites (tertiary alicyclic amines) is 1. The van der Waals surface area contributed by atoms with Gasteiger partial charge in [-0.05, 0) is 49.3 Å². The van der Waals surface area contributed by atoms with Gasteiger partial charge in [0.1, 0.15) is 0 Å². The molecule has 3 atom stereocenters. The van der Waals surface area contributed by atoms with Gasteiger partial charge < -0.3 is 19.5 Å². The van der Waals surface area contributed by atoms with Crippen molar-refractivity contribution in [1.82, 2.24) is 4.90 Å². The van der Waals surface area contributed by atoms with Crippen LogP contribution in [-0.4, -0.2) is 41.4 Å². The fourth-order valence-corrected chi connectivity index (χ4v) is 4.78. The smallest absolute Gasteiger partial charge is 0.231 e. The zero-order valence-corrected chi connectivity index (χ0v) is 14.9. The molecule has 136 valence electrons. The third-order valence-electron chi connectivity index (χ3n) is 6.35. The highest BCUT2D eigenvalue weighted by Crippen LogP contribution is 2.44. The van der Waals surface area contributed by atoms with Gasteiger partial charge in [-0.3, -0.25) is 4.79 Å². The predicted molar refractivity (Wildman–Crippen MR) is 93.5 cm³/mol. The minimum atomic E-state index is -0.574. The number of fused-ring (bicyclic) bond motifs is 2. The van der Waals surface area contributed by atoms with Crippen LogP contribution in [0, 0.1) is 11.8 Å². The van der Waals surface area contributed by atoms with Crippen LogP contribution in [0.25, 0.3) is 0 Å². The summed E-state index contributed by atoms with van der Waals surface area (Å²) in [6, 6.07) is 5.88. The first-order valence-electron chi connectivity index (χ1n) is 9.48. The lowest BCUT2D eigenvalue weighted by molar-refractivity contribution is -0.130. The number of hydrogen-bond acceptors (Lipinski definition) is 4. The summed E-state index contributed by atoms with van der Waals surface area (Å²) in [5, 5.41) is 10.9. The number of aryl methyl sites for hydroxylation is 1. The van der Waals surface area contributed by atoms with E-state index in [0.29, 0.717) is 18.8 Å². The summed E-state index contributed by atoms with van der Waals surface area (Å²) in [5.74, 6) is 2.46. The normalized spacial score (nSPS) is 30.4. The molecule has 2 fully saturated rings. The molecule has 0 aromatic heterocycles. The number of nitrogens with zero attached hydrogens (tertiary/aromatic N) is 1. The van der Waals surface area contributed by atoms with E-state index in [-0.39, 0.29) is 18.6 Å². The molecule has 4 rings (SSSR count). The summed E-state index contributed by atoms with van der Waals surface area (Å²) >= 11 is 0. The van der Waals surface area contributed by atoms with Crippen LogP contribution in [0.3, 0.4) is 0 Å². The van der Waals surface area contributed by atoms with Crippen LogP contribution in [0.5, 0.6) is 11.5 Å². The highest BCUT2D eigenvalue weighted by atomic mass is 16.7. The SMILES string of the molecule is CC[C@]1(O)CCC[C@H]2CN(C(=O)CCc3ccc4c(c3)OCO4)C[C@H]21. The Balaban J connectivity index is 1.36. The zero-order valence-electron chi connectivity index (χ0n) is 14.9. The van der Waals surface area contributed by atoms with Gasteiger partial charge in [-0.1, -0.05) is 19.4 Å². The lowest BCUT2D eigenvalue weighted by Gasteiger charge is -2.40. The number of amides is 1. The van der Waals surface area contributed by atoms with Gasteiger partial charge in [0.05, 0.1) is 5.60 Å². The molecule has 1 amide bonds. The van der Waals surface area contributed by atoms with Crippen molar-refractivity contribution < 1.29 is 19.4 Å². The lowest BCUT2D eigenvalue weighted by Crippen LogP contribution is -2.44. The van der Waals surface area contributed by atoms with Gasteiger partial charge in [-0.25, -0.2) is 0 Å². The average Bonchev–Trinajstić information content (AvgIpc) is 3.26. The van der Waals surface area contributed by atoms with E-state index in [4.69, 9.17) is 9.47 Å².